The number of hydrogen-bond donors (Lipinski definition) is 1. The van der Waals surface area contributed by atoms with Gasteiger partial charge in [-0.25, -0.2) is 0 Å². The van der Waals surface area contributed by atoms with Gasteiger partial charge in [0.05, 0.1) is 0 Å². The highest BCUT2D eigenvalue weighted by atomic mass is 16.1. The zero-order chi connectivity index (χ0) is 11.1. The highest BCUT2D eigenvalue weighted by molar-refractivity contribution is 5.78. The first-order valence-electron chi connectivity index (χ1n) is 5.83. The number of nitrogens with one attached hydrogen (secondary N) is 1. The zero-order valence-corrected chi connectivity index (χ0v) is 9.59. The molecule has 0 aromatic heterocycles. The molecule has 0 unspecified atom stereocenters. The molecule has 1 fully saturated rings. The zero-order valence-electron chi connectivity index (χ0n) is 9.59. The summed E-state index contributed by atoms with van der Waals surface area (Å²) < 4.78 is 0. The average Bonchev–Trinajstić information content (AvgIpc) is 3.04. The molecular weight excluding hydrogens is 186 g/mol. The van der Waals surface area contributed by atoms with E-state index in [9.17, 15) is 4.79 Å². The minimum atomic E-state index is 0.330. The van der Waals surface area contributed by atoms with Gasteiger partial charge >= 0.3 is 0 Å². The van der Waals surface area contributed by atoms with Crippen LogP contribution < -0.4 is 5.32 Å². The number of Topliss-reactive ketones (excluding diaryl/α,β-unsaturated/α-hetero) is 1. The van der Waals surface area contributed by atoms with Gasteiger partial charge in [-0.1, -0.05) is 19.6 Å². The van der Waals surface area contributed by atoms with Crippen LogP contribution >= 0.6 is 0 Å². The van der Waals surface area contributed by atoms with Gasteiger partial charge in [-0.3, -0.25) is 4.79 Å². The van der Waals surface area contributed by atoms with E-state index in [-0.39, 0.29) is 0 Å². The van der Waals surface area contributed by atoms with Crippen LogP contribution in [0.5, 0.6) is 0 Å². The number of ketones is 1. The van der Waals surface area contributed by atoms with Crippen molar-refractivity contribution in [3.63, 3.8) is 0 Å². The van der Waals surface area contributed by atoms with Gasteiger partial charge in [-0.15, -0.1) is 0 Å². The molecule has 0 aromatic carbocycles. The molecule has 0 saturated heterocycles. The van der Waals surface area contributed by atoms with Crippen LogP contribution in [0.4, 0.5) is 0 Å². The molecule has 0 radical (unpaired) electrons. The predicted molar refractivity (Wildman–Crippen MR) is 63.5 cm³/mol. The van der Waals surface area contributed by atoms with Crippen molar-refractivity contribution in [2.45, 2.75) is 39.0 Å². The van der Waals surface area contributed by atoms with Crippen LogP contribution in [-0.2, 0) is 4.79 Å². The maximum Gasteiger partial charge on any atom is 0.132 e. The molecule has 1 rings (SSSR count). The fourth-order valence-electron chi connectivity index (χ4n) is 1.30. The van der Waals surface area contributed by atoms with Crippen molar-refractivity contribution in [3.05, 3.63) is 24.4 Å². The van der Waals surface area contributed by atoms with Gasteiger partial charge in [-0.2, -0.15) is 0 Å². The molecule has 1 saturated carbocycles. The van der Waals surface area contributed by atoms with Gasteiger partial charge in [0.15, 0.2) is 0 Å². The number of rotatable bonds is 8. The van der Waals surface area contributed by atoms with Crippen molar-refractivity contribution in [1.82, 2.24) is 5.32 Å². The van der Waals surface area contributed by atoms with E-state index in [2.05, 4.69) is 11.9 Å². The second kappa shape index (κ2) is 6.44. The lowest BCUT2D eigenvalue weighted by molar-refractivity contribution is -0.118. The van der Waals surface area contributed by atoms with E-state index in [1.54, 1.807) is 0 Å². The molecule has 1 aliphatic carbocycles. The Hall–Kier alpha value is -1.05. The minimum Gasteiger partial charge on any atom is -0.385 e. The summed E-state index contributed by atoms with van der Waals surface area (Å²) in [7, 11) is 0. The molecule has 0 atom stereocenters. The van der Waals surface area contributed by atoms with Crippen LogP contribution in [-0.4, -0.2) is 12.3 Å². The lowest BCUT2D eigenvalue weighted by Crippen LogP contribution is -2.13. The Morgan fingerprint density at radius 3 is 2.87 bits per heavy atom. The number of carbonyl (C=O) groups excluding carboxylic acids is 1. The van der Waals surface area contributed by atoms with E-state index in [1.165, 1.54) is 12.8 Å². The van der Waals surface area contributed by atoms with Crippen molar-refractivity contribution >= 4 is 5.78 Å². The molecular formula is C13H21NO. The molecule has 1 aliphatic rings. The average molecular weight is 207 g/mol. The standard InChI is InChI=1S/C13H21NO/c1-3-13(15)7-5-4-6-11(2)14-10-12-8-9-12/h4,6,12,14H,2-3,5,7-10H2,1H3/b6-4+. The normalized spacial score (nSPS) is 15.5. The largest absolute Gasteiger partial charge is 0.385 e. The maximum atomic E-state index is 11.0. The first-order chi connectivity index (χ1) is 7.22. The third-order valence-corrected chi connectivity index (χ3v) is 2.62. The molecule has 0 amide bonds. The summed E-state index contributed by atoms with van der Waals surface area (Å²) in [6.07, 6.45) is 8.85. The van der Waals surface area contributed by atoms with Crippen molar-refractivity contribution in [2.24, 2.45) is 5.92 Å². The molecule has 0 heterocycles. The fourth-order valence-corrected chi connectivity index (χ4v) is 1.30. The molecule has 0 aliphatic heterocycles. The van der Waals surface area contributed by atoms with Crippen LogP contribution in [0.1, 0.15) is 39.0 Å². The lowest BCUT2D eigenvalue weighted by Gasteiger charge is -2.03. The minimum absolute atomic E-state index is 0.330. The third kappa shape index (κ3) is 6.10. The Bertz CT molecular complexity index is 251. The first-order valence-corrected chi connectivity index (χ1v) is 5.83. The van der Waals surface area contributed by atoms with Gasteiger partial charge in [-0.05, 0) is 31.3 Å². The highest BCUT2D eigenvalue weighted by Gasteiger charge is 2.20. The summed E-state index contributed by atoms with van der Waals surface area (Å²) in [6.45, 7) is 6.87. The summed E-state index contributed by atoms with van der Waals surface area (Å²) >= 11 is 0. The van der Waals surface area contributed by atoms with E-state index in [4.69, 9.17) is 0 Å². The van der Waals surface area contributed by atoms with E-state index in [0.717, 1.165) is 24.6 Å². The Kier molecular flexibility index (Phi) is 5.16. The van der Waals surface area contributed by atoms with Crippen LogP contribution in [0, 0.1) is 5.92 Å². The second-order valence-corrected chi connectivity index (χ2v) is 4.18. The van der Waals surface area contributed by atoms with Crippen molar-refractivity contribution < 1.29 is 4.79 Å². The molecule has 84 valence electrons. The number of allylic oxidation sites excluding steroid dienone is 2. The summed E-state index contributed by atoms with van der Waals surface area (Å²) in [4.78, 5) is 11.0. The molecule has 2 heteroatoms. The second-order valence-electron chi connectivity index (χ2n) is 4.18. The monoisotopic (exact) mass is 207 g/mol. The fraction of sp³-hybridized carbons (Fsp3) is 0.615. The Labute approximate surface area is 92.4 Å². The van der Waals surface area contributed by atoms with Gasteiger partial charge in [0.2, 0.25) is 0 Å². The van der Waals surface area contributed by atoms with Gasteiger partial charge in [0.1, 0.15) is 5.78 Å². The molecule has 2 nitrogen and oxygen atoms in total. The predicted octanol–water partition coefficient (Wildman–Crippen LogP) is 2.82. The molecule has 15 heavy (non-hydrogen) atoms. The molecule has 0 spiro atoms. The summed E-state index contributed by atoms with van der Waals surface area (Å²) in [5.41, 5.74) is 0.964. The van der Waals surface area contributed by atoms with E-state index >= 15 is 0 Å². The Morgan fingerprint density at radius 1 is 1.53 bits per heavy atom. The smallest absolute Gasteiger partial charge is 0.132 e. The first kappa shape index (κ1) is 12.0. The van der Waals surface area contributed by atoms with Crippen molar-refractivity contribution in [2.75, 3.05) is 6.54 Å². The number of hydrogen-bond acceptors (Lipinski definition) is 2. The molecule has 0 bridgehead atoms. The van der Waals surface area contributed by atoms with Crippen LogP contribution in [0.3, 0.4) is 0 Å². The summed E-state index contributed by atoms with van der Waals surface area (Å²) in [6, 6.07) is 0. The lowest BCUT2D eigenvalue weighted by atomic mass is 10.2. The summed E-state index contributed by atoms with van der Waals surface area (Å²) in [5, 5.41) is 3.28. The van der Waals surface area contributed by atoms with E-state index < -0.39 is 0 Å². The molecule has 1 N–H and O–H groups in total. The Morgan fingerprint density at radius 2 is 2.27 bits per heavy atom. The van der Waals surface area contributed by atoms with E-state index in [1.807, 2.05) is 19.1 Å². The Balaban J connectivity index is 2.02. The van der Waals surface area contributed by atoms with Crippen LogP contribution in [0.2, 0.25) is 0 Å². The van der Waals surface area contributed by atoms with Crippen LogP contribution in [0.25, 0.3) is 0 Å². The van der Waals surface area contributed by atoms with Crippen molar-refractivity contribution in [3.8, 4) is 0 Å². The maximum absolute atomic E-state index is 11.0. The third-order valence-electron chi connectivity index (χ3n) is 2.62. The SMILES string of the molecule is C=C(/C=C/CCC(=O)CC)NCC1CC1. The molecule has 0 aromatic rings. The highest BCUT2D eigenvalue weighted by Crippen LogP contribution is 2.27. The van der Waals surface area contributed by atoms with Gasteiger partial charge < -0.3 is 5.32 Å². The topological polar surface area (TPSA) is 29.1 Å². The number of carbonyl (C=O) groups is 1. The summed E-state index contributed by atoms with van der Waals surface area (Å²) in [5.74, 6) is 1.20. The van der Waals surface area contributed by atoms with E-state index in [0.29, 0.717) is 18.6 Å². The van der Waals surface area contributed by atoms with Crippen molar-refractivity contribution in [1.29, 1.82) is 0 Å². The van der Waals surface area contributed by atoms with Gasteiger partial charge in [0, 0.05) is 25.1 Å². The quantitative estimate of drug-likeness (QED) is 0.620. The van der Waals surface area contributed by atoms with Crippen LogP contribution in [0.15, 0.2) is 24.4 Å². The van der Waals surface area contributed by atoms with Gasteiger partial charge in [0.25, 0.3) is 0 Å².